The van der Waals surface area contributed by atoms with Crippen molar-refractivity contribution < 1.29 is 15.2 Å². The maximum atomic E-state index is 9.21. The summed E-state index contributed by atoms with van der Waals surface area (Å²) in [6.07, 6.45) is 6.06. The third-order valence-corrected chi connectivity index (χ3v) is 2.01. The van der Waals surface area contributed by atoms with Crippen LogP contribution >= 0.6 is 0 Å². The zero-order valence-corrected chi connectivity index (χ0v) is 6.79. The Labute approximate surface area is 71.0 Å². The largest absolute Gasteiger partial charge is 0.508 e. The molecular weight excluding hydrogens is 154 g/mol. The zero-order chi connectivity index (χ0) is 8.39. The first-order valence-corrected chi connectivity index (χ1v) is 4.12. The smallest absolute Gasteiger partial charge is 0.168 e. The van der Waals surface area contributed by atoms with Crippen molar-refractivity contribution in [3.05, 3.63) is 35.4 Å². The topological polar surface area (TPSA) is 46.1 Å². The summed E-state index contributed by atoms with van der Waals surface area (Å²) in [4.78, 5) is 0. The molecule has 3 nitrogen and oxygen atoms in total. The molecule has 0 spiro atoms. The van der Waals surface area contributed by atoms with Gasteiger partial charge in [0.05, 0.1) is 0 Å². The highest BCUT2D eigenvalue weighted by atomic mass is 16.5. The number of nitrogens with two attached hydrogens (primary N) is 1. The molecule has 64 valence electrons. The van der Waals surface area contributed by atoms with Gasteiger partial charge in [-0.2, -0.15) is 0 Å². The third-order valence-electron chi connectivity index (χ3n) is 2.01. The Morgan fingerprint density at radius 2 is 2.33 bits per heavy atom. The summed E-state index contributed by atoms with van der Waals surface area (Å²) in [5.41, 5.74) is 1.11. The number of aliphatic hydroxyl groups is 1. The first kappa shape index (κ1) is 7.43. The molecule has 0 saturated carbocycles. The molecule has 0 aromatic heterocycles. The highest BCUT2D eigenvalue weighted by Gasteiger charge is 2.16. The quantitative estimate of drug-likeness (QED) is 0.539. The normalized spacial score (nSPS) is 22.5. The number of hydrogen-bond donors (Lipinski definition) is 2. The minimum Gasteiger partial charge on any atom is -0.508 e. The Morgan fingerprint density at radius 3 is 3.25 bits per heavy atom. The summed E-state index contributed by atoms with van der Waals surface area (Å²) < 4.78 is 5.45. The van der Waals surface area contributed by atoms with Gasteiger partial charge in [0, 0.05) is 12.5 Å². The number of hydrogen-bond acceptors (Lipinski definition) is 2. The summed E-state index contributed by atoms with van der Waals surface area (Å²) in [5, 5.41) is 11.4. The Balaban J connectivity index is 2.26. The van der Waals surface area contributed by atoms with Crippen LogP contribution in [-0.2, 0) is 4.74 Å². The molecule has 0 amide bonds. The minimum absolute atomic E-state index is 0.321. The van der Waals surface area contributed by atoms with Gasteiger partial charge in [-0.15, -0.1) is 0 Å². The van der Waals surface area contributed by atoms with Gasteiger partial charge in [0.25, 0.3) is 0 Å². The van der Waals surface area contributed by atoms with Crippen LogP contribution in [0.4, 0.5) is 0 Å². The Morgan fingerprint density at radius 1 is 1.42 bits per heavy atom. The van der Waals surface area contributed by atoms with E-state index in [9.17, 15) is 5.11 Å². The first-order valence-electron chi connectivity index (χ1n) is 4.12. The van der Waals surface area contributed by atoms with Crippen molar-refractivity contribution >= 4 is 0 Å². The molecule has 0 atom stereocenters. The van der Waals surface area contributed by atoms with Gasteiger partial charge in [-0.3, -0.25) is 0 Å². The average Bonchev–Trinajstić information content (AvgIpc) is 2.29. The number of quaternary nitrogens is 1. The fraction of sp³-hybridized carbons (Fsp3) is 0.333. The first-order chi connectivity index (χ1) is 5.86. The van der Waals surface area contributed by atoms with Crippen molar-refractivity contribution in [1.82, 2.24) is 0 Å². The Hall–Kier alpha value is -1.22. The SMILES string of the molecule is OC1=CCC2=C(C=C1)[NH2+]CCO2. The molecule has 0 saturated heterocycles. The standard InChI is InChI=1S/C9H11NO2/c11-7-1-3-8-9(4-2-7)12-6-5-10-8/h1-3,10-11H,4-6H2/p+1. The molecule has 3 heteroatoms. The second-order valence-corrected chi connectivity index (χ2v) is 2.89. The molecule has 2 aliphatic rings. The van der Waals surface area contributed by atoms with Gasteiger partial charge in [0.2, 0.25) is 0 Å². The van der Waals surface area contributed by atoms with Gasteiger partial charge in [-0.05, 0) is 12.2 Å². The van der Waals surface area contributed by atoms with E-state index in [2.05, 4.69) is 5.32 Å². The lowest BCUT2D eigenvalue weighted by Crippen LogP contribution is -2.84. The molecule has 0 unspecified atom stereocenters. The second-order valence-electron chi connectivity index (χ2n) is 2.89. The predicted octanol–water partition coefficient (Wildman–Crippen LogP) is 0.193. The monoisotopic (exact) mass is 166 g/mol. The summed E-state index contributed by atoms with van der Waals surface area (Å²) in [7, 11) is 0. The highest BCUT2D eigenvalue weighted by Crippen LogP contribution is 2.15. The molecule has 2 rings (SSSR count). The maximum absolute atomic E-state index is 9.21. The van der Waals surface area contributed by atoms with Gasteiger partial charge in [-0.1, -0.05) is 0 Å². The molecule has 0 bridgehead atoms. The van der Waals surface area contributed by atoms with Crippen molar-refractivity contribution in [3.63, 3.8) is 0 Å². The highest BCUT2D eigenvalue weighted by molar-refractivity contribution is 5.27. The summed E-state index contributed by atoms with van der Waals surface area (Å²) in [6.45, 7) is 1.73. The van der Waals surface area contributed by atoms with Gasteiger partial charge < -0.3 is 15.2 Å². The van der Waals surface area contributed by atoms with Crippen molar-refractivity contribution in [2.45, 2.75) is 6.42 Å². The third kappa shape index (κ3) is 1.36. The molecule has 0 fully saturated rings. The van der Waals surface area contributed by atoms with E-state index in [1.54, 1.807) is 12.2 Å². The average molecular weight is 166 g/mol. The summed E-state index contributed by atoms with van der Waals surface area (Å²) >= 11 is 0. The number of allylic oxidation sites excluding steroid dienone is 3. The van der Waals surface area contributed by atoms with E-state index < -0.39 is 0 Å². The van der Waals surface area contributed by atoms with Crippen molar-refractivity contribution in [3.8, 4) is 0 Å². The van der Waals surface area contributed by atoms with Gasteiger partial charge in [0.15, 0.2) is 11.5 Å². The van der Waals surface area contributed by atoms with Crippen molar-refractivity contribution in [2.75, 3.05) is 13.2 Å². The molecule has 0 aromatic carbocycles. The summed E-state index contributed by atoms with van der Waals surface area (Å²) in [5.74, 6) is 1.29. The van der Waals surface area contributed by atoms with Crippen molar-refractivity contribution in [2.24, 2.45) is 0 Å². The Bertz CT molecular complexity index is 276. The van der Waals surface area contributed by atoms with Crippen LogP contribution in [0.15, 0.2) is 35.4 Å². The van der Waals surface area contributed by atoms with E-state index in [-0.39, 0.29) is 0 Å². The van der Waals surface area contributed by atoms with E-state index in [0.29, 0.717) is 12.2 Å². The fourth-order valence-corrected chi connectivity index (χ4v) is 1.37. The van der Waals surface area contributed by atoms with E-state index in [0.717, 1.165) is 24.6 Å². The summed E-state index contributed by atoms with van der Waals surface area (Å²) in [6, 6.07) is 0. The van der Waals surface area contributed by atoms with Crippen LogP contribution in [-0.4, -0.2) is 18.3 Å². The predicted molar refractivity (Wildman–Crippen MR) is 44.2 cm³/mol. The zero-order valence-electron chi connectivity index (χ0n) is 6.79. The molecule has 1 aliphatic heterocycles. The van der Waals surface area contributed by atoms with Crippen molar-refractivity contribution in [1.29, 1.82) is 0 Å². The lowest BCUT2D eigenvalue weighted by atomic mass is 10.2. The van der Waals surface area contributed by atoms with Crippen LogP contribution in [0, 0.1) is 0 Å². The van der Waals surface area contributed by atoms with E-state index >= 15 is 0 Å². The molecule has 1 heterocycles. The van der Waals surface area contributed by atoms with E-state index in [1.165, 1.54) is 0 Å². The Kier molecular flexibility index (Phi) is 1.87. The van der Waals surface area contributed by atoms with E-state index in [4.69, 9.17) is 4.74 Å². The number of aliphatic hydroxyl groups excluding tert-OH is 1. The minimum atomic E-state index is 0.321. The van der Waals surface area contributed by atoms with Crippen LogP contribution in [0.25, 0.3) is 0 Å². The second kappa shape index (κ2) is 3.03. The maximum Gasteiger partial charge on any atom is 0.168 e. The van der Waals surface area contributed by atoms with Crippen LogP contribution in [0.3, 0.4) is 0 Å². The molecule has 0 aromatic rings. The van der Waals surface area contributed by atoms with Crippen LogP contribution in [0.2, 0.25) is 0 Å². The molecular formula is C9H12NO2+. The van der Waals surface area contributed by atoms with Crippen LogP contribution in [0.5, 0.6) is 0 Å². The fourth-order valence-electron chi connectivity index (χ4n) is 1.37. The number of rotatable bonds is 0. The van der Waals surface area contributed by atoms with Crippen LogP contribution in [0.1, 0.15) is 6.42 Å². The lowest BCUT2D eigenvalue weighted by molar-refractivity contribution is -0.612. The van der Waals surface area contributed by atoms with Gasteiger partial charge in [-0.25, -0.2) is 0 Å². The van der Waals surface area contributed by atoms with Crippen LogP contribution < -0.4 is 5.32 Å². The lowest BCUT2D eigenvalue weighted by Gasteiger charge is -2.15. The molecule has 0 radical (unpaired) electrons. The molecule has 1 aliphatic carbocycles. The van der Waals surface area contributed by atoms with E-state index in [1.807, 2.05) is 6.08 Å². The molecule has 12 heavy (non-hydrogen) atoms. The van der Waals surface area contributed by atoms with Gasteiger partial charge in [0.1, 0.15) is 18.9 Å². The van der Waals surface area contributed by atoms with Gasteiger partial charge >= 0.3 is 0 Å². The number of ether oxygens (including phenoxy) is 1. The molecule has 3 N–H and O–H groups in total.